The Morgan fingerprint density at radius 3 is 2.75 bits per heavy atom. The van der Waals surface area contributed by atoms with Crippen molar-refractivity contribution in [2.45, 2.75) is 31.7 Å². The average Bonchev–Trinajstić information content (AvgIpc) is 3.39. The van der Waals surface area contributed by atoms with Gasteiger partial charge in [-0.05, 0) is 31.7 Å². The third-order valence-electron chi connectivity index (χ3n) is 4.31. The molecule has 0 bridgehead atoms. The van der Waals surface area contributed by atoms with E-state index in [1.807, 2.05) is 0 Å². The van der Waals surface area contributed by atoms with Crippen LogP contribution in [0.1, 0.15) is 25.7 Å². The number of piperidine rings is 1. The van der Waals surface area contributed by atoms with Gasteiger partial charge in [-0.25, -0.2) is 4.79 Å². The van der Waals surface area contributed by atoms with E-state index >= 15 is 0 Å². The first-order valence-corrected chi connectivity index (χ1v) is 8.13. The number of benzene rings is 1. The number of anilines is 1. The van der Waals surface area contributed by atoms with Crippen molar-refractivity contribution in [1.82, 2.24) is 10.2 Å². The Kier molecular flexibility index (Phi) is 4.64. The molecule has 3 amide bonds. The van der Waals surface area contributed by atoms with Gasteiger partial charge in [-0.3, -0.25) is 14.9 Å². The van der Waals surface area contributed by atoms with Gasteiger partial charge in [0.2, 0.25) is 5.91 Å². The molecule has 1 heterocycles. The second kappa shape index (κ2) is 6.86. The summed E-state index contributed by atoms with van der Waals surface area (Å²) in [6, 6.07) is 6.04. The van der Waals surface area contributed by atoms with Gasteiger partial charge in [-0.2, -0.15) is 0 Å². The molecule has 1 atom stereocenters. The fraction of sp³-hybridized carbons (Fsp3) is 0.500. The average molecular weight is 332 g/mol. The highest BCUT2D eigenvalue weighted by atomic mass is 16.6. The van der Waals surface area contributed by atoms with Crippen molar-refractivity contribution in [3.05, 3.63) is 34.4 Å². The van der Waals surface area contributed by atoms with Crippen LogP contribution in [0.3, 0.4) is 0 Å². The predicted molar refractivity (Wildman–Crippen MR) is 87.6 cm³/mol. The van der Waals surface area contributed by atoms with Crippen molar-refractivity contribution in [2.75, 3.05) is 18.4 Å². The molecule has 3 rings (SSSR count). The van der Waals surface area contributed by atoms with Crippen molar-refractivity contribution in [2.24, 2.45) is 5.92 Å². The molecule has 2 N–H and O–H groups in total. The number of urea groups is 1. The van der Waals surface area contributed by atoms with Gasteiger partial charge in [0.1, 0.15) is 0 Å². The number of rotatable bonds is 4. The van der Waals surface area contributed by atoms with E-state index in [1.54, 1.807) is 11.0 Å². The molecule has 0 spiro atoms. The molecule has 1 unspecified atom stereocenters. The Hall–Kier alpha value is -2.64. The van der Waals surface area contributed by atoms with E-state index in [0.29, 0.717) is 25.2 Å². The van der Waals surface area contributed by atoms with E-state index in [-0.39, 0.29) is 29.6 Å². The van der Waals surface area contributed by atoms with Crippen LogP contribution in [0, 0.1) is 16.0 Å². The number of likely N-dealkylation sites (tertiary alicyclic amines) is 1. The first-order valence-electron chi connectivity index (χ1n) is 8.13. The van der Waals surface area contributed by atoms with E-state index in [2.05, 4.69) is 10.6 Å². The zero-order valence-corrected chi connectivity index (χ0v) is 13.2. The van der Waals surface area contributed by atoms with Crippen molar-refractivity contribution >= 4 is 23.3 Å². The van der Waals surface area contributed by atoms with Gasteiger partial charge in [-0.1, -0.05) is 6.07 Å². The van der Waals surface area contributed by atoms with Crippen LogP contribution in [-0.4, -0.2) is 40.9 Å². The van der Waals surface area contributed by atoms with E-state index in [4.69, 9.17) is 0 Å². The molecule has 0 radical (unpaired) electrons. The fourth-order valence-corrected chi connectivity index (χ4v) is 2.81. The minimum absolute atomic E-state index is 0.0677. The van der Waals surface area contributed by atoms with Crippen LogP contribution in [-0.2, 0) is 4.79 Å². The number of non-ortho nitro benzene ring substituents is 1. The molecule has 1 aliphatic heterocycles. The summed E-state index contributed by atoms with van der Waals surface area (Å²) in [6.07, 6.45) is 3.52. The highest BCUT2D eigenvalue weighted by Gasteiger charge is 2.31. The molecule has 24 heavy (non-hydrogen) atoms. The molecule has 1 saturated carbocycles. The van der Waals surface area contributed by atoms with Gasteiger partial charge in [0, 0.05) is 37.0 Å². The van der Waals surface area contributed by atoms with Crippen LogP contribution < -0.4 is 10.6 Å². The lowest BCUT2D eigenvalue weighted by Crippen LogP contribution is -2.48. The summed E-state index contributed by atoms with van der Waals surface area (Å²) < 4.78 is 0. The molecule has 1 saturated heterocycles. The highest BCUT2D eigenvalue weighted by molar-refractivity contribution is 5.93. The first kappa shape index (κ1) is 16.2. The van der Waals surface area contributed by atoms with E-state index in [1.165, 1.54) is 18.2 Å². The maximum absolute atomic E-state index is 12.4. The molecule has 1 aromatic carbocycles. The SMILES string of the molecule is O=C(Nc1cccc([N+](=O)[O-])c1)C1CCCN(C(=O)NC2CC2)C1. The Morgan fingerprint density at radius 1 is 1.25 bits per heavy atom. The molecule has 2 fully saturated rings. The number of nitro benzene ring substituents is 1. The van der Waals surface area contributed by atoms with E-state index in [9.17, 15) is 19.7 Å². The number of hydrogen-bond donors (Lipinski definition) is 2. The molecule has 2 aliphatic rings. The van der Waals surface area contributed by atoms with E-state index in [0.717, 1.165) is 19.3 Å². The Morgan fingerprint density at radius 2 is 2.04 bits per heavy atom. The molecule has 8 heteroatoms. The van der Waals surface area contributed by atoms with Crippen molar-refractivity contribution < 1.29 is 14.5 Å². The number of nitrogens with zero attached hydrogens (tertiary/aromatic N) is 2. The number of amides is 3. The lowest BCUT2D eigenvalue weighted by Gasteiger charge is -2.32. The van der Waals surface area contributed by atoms with E-state index < -0.39 is 4.92 Å². The summed E-state index contributed by atoms with van der Waals surface area (Å²) in [6.45, 7) is 1.03. The van der Waals surface area contributed by atoms with Gasteiger partial charge in [0.05, 0.1) is 10.8 Å². The number of nitro groups is 1. The molecule has 128 valence electrons. The zero-order chi connectivity index (χ0) is 17.1. The van der Waals surface area contributed by atoms with Gasteiger partial charge in [0.15, 0.2) is 0 Å². The number of carbonyl (C=O) groups is 2. The molecule has 1 aromatic rings. The first-order chi connectivity index (χ1) is 11.5. The Balaban J connectivity index is 1.58. The minimum atomic E-state index is -0.500. The van der Waals surface area contributed by atoms with Crippen molar-refractivity contribution in [3.63, 3.8) is 0 Å². The lowest BCUT2D eigenvalue weighted by molar-refractivity contribution is -0.384. The van der Waals surface area contributed by atoms with Gasteiger partial charge >= 0.3 is 6.03 Å². The van der Waals surface area contributed by atoms with Crippen LogP contribution >= 0.6 is 0 Å². The van der Waals surface area contributed by atoms with Gasteiger partial charge in [-0.15, -0.1) is 0 Å². The second-order valence-electron chi connectivity index (χ2n) is 6.31. The van der Waals surface area contributed by atoms with Crippen LogP contribution in [0.15, 0.2) is 24.3 Å². The summed E-state index contributed by atoms with van der Waals surface area (Å²) in [7, 11) is 0. The van der Waals surface area contributed by atoms with Crippen LogP contribution in [0.4, 0.5) is 16.2 Å². The number of nitrogens with one attached hydrogen (secondary N) is 2. The monoisotopic (exact) mass is 332 g/mol. The van der Waals surface area contributed by atoms with Crippen LogP contribution in [0.25, 0.3) is 0 Å². The normalized spacial score (nSPS) is 20.3. The molecule has 1 aliphatic carbocycles. The van der Waals surface area contributed by atoms with Crippen LogP contribution in [0.5, 0.6) is 0 Å². The fourth-order valence-electron chi connectivity index (χ4n) is 2.81. The molecule has 8 nitrogen and oxygen atoms in total. The number of hydrogen-bond acceptors (Lipinski definition) is 4. The summed E-state index contributed by atoms with van der Waals surface area (Å²) in [5, 5.41) is 16.4. The zero-order valence-electron chi connectivity index (χ0n) is 13.2. The largest absolute Gasteiger partial charge is 0.335 e. The third-order valence-corrected chi connectivity index (χ3v) is 4.31. The van der Waals surface area contributed by atoms with Gasteiger partial charge < -0.3 is 15.5 Å². The quantitative estimate of drug-likeness (QED) is 0.651. The van der Waals surface area contributed by atoms with Crippen molar-refractivity contribution in [1.29, 1.82) is 0 Å². The lowest BCUT2D eigenvalue weighted by atomic mass is 9.97. The molecular formula is C16H20N4O4. The van der Waals surface area contributed by atoms with Gasteiger partial charge in [0.25, 0.3) is 5.69 Å². The van der Waals surface area contributed by atoms with Crippen LogP contribution in [0.2, 0.25) is 0 Å². The standard InChI is InChI=1S/C16H20N4O4/c21-15(17-13-4-1-5-14(9-13)20(23)24)11-3-2-8-19(10-11)16(22)18-12-6-7-12/h1,4-5,9,11-12H,2-3,6-8,10H2,(H,17,21)(H,18,22). The maximum atomic E-state index is 12.4. The molecule has 0 aromatic heterocycles. The summed E-state index contributed by atoms with van der Waals surface area (Å²) in [5.41, 5.74) is 0.329. The highest BCUT2D eigenvalue weighted by Crippen LogP contribution is 2.23. The smallest absolute Gasteiger partial charge is 0.317 e. The Bertz CT molecular complexity index is 659. The third kappa shape index (κ3) is 4.01. The van der Waals surface area contributed by atoms with Crippen molar-refractivity contribution in [3.8, 4) is 0 Å². The predicted octanol–water partition coefficient (Wildman–Crippen LogP) is 2.12. The topological polar surface area (TPSA) is 105 Å². The number of carbonyl (C=O) groups excluding carboxylic acids is 2. The summed E-state index contributed by atoms with van der Waals surface area (Å²) >= 11 is 0. The maximum Gasteiger partial charge on any atom is 0.317 e. The summed E-state index contributed by atoms with van der Waals surface area (Å²) in [5.74, 6) is -0.512. The second-order valence-corrected chi connectivity index (χ2v) is 6.31. The minimum Gasteiger partial charge on any atom is -0.335 e. The molecular weight excluding hydrogens is 312 g/mol. The Labute approximate surface area is 139 Å². The summed E-state index contributed by atoms with van der Waals surface area (Å²) in [4.78, 5) is 36.5.